The number of aliphatic hydroxyl groups is 1. The van der Waals surface area contributed by atoms with Crippen LogP contribution in [0.3, 0.4) is 0 Å². The number of ether oxygens (including phenoxy) is 1. The Hall–Kier alpha value is -2.61. The maximum atomic E-state index is 8.76. The van der Waals surface area contributed by atoms with Gasteiger partial charge in [-0.3, -0.25) is 0 Å². The molecule has 0 aliphatic carbocycles. The predicted octanol–water partition coefficient (Wildman–Crippen LogP) is 3.85. The molecule has 7 heteroatoms. The zero-order valence-electron chi connectivity index (χ0n) is 15.9. The Morgan fingerprint density at radius 1 is 1.21 bits per heavy atom. The molecule has 144 valence electrons. The van der Waals surface area contributed by atoms with Gasteiger partial charge in [0.2, 0.25) is 0 Å². The second-order valence-electron chi connectivity index (χ2n) is 6.67. The van der Waals surface area contributed by atoms with Crippen LogP contribution in [0.5, 0.6) is 0 Å². The number of hydrogen-bond donors (Lipinski definition) is 1. The quantitative estimate of drug-likeness (QED) is 0.482. The van der Waals surface area contributed by atoms with Crippen molar-refractivity contribution in [3.05, 3.63) is 70.6 Å². The molecule has 6 nitrogen and oxygen atoms in total. The number of aromatic nitrogens is 4. The van der Waals surface area contributed by atoms with Crippen molar-refractivity contribution in [2.24, 2.45) is 0 Å². The van der Waals surface area contributed by atoms with Crippen molar-refractivity contribution in [2.75, 3.05) is 13.2 Å². The van der Waals surface area contributed by atoms with Gasteiger partial charge in [-0.05, 0) is 42.3 Å². The lowest BCUT2D eigenvalue weighted by Crippen LogP contribution is -2.03. The monoisotopic (exact) mass is 394 g/mol. The number of fused-ring (bicyclic) bond motifs is 1. The van der Waals surface area contributed by atoms with Gasteiger partial charge < -0.3 is 9.84 Å². The minimum absolute atomic E-state index is 0.0231. The number of pyridine rings is 1. The van der Waals surface area contributed by atoms with Gasteiger partial charge in [-0.25, -0.2) is 14.6 Å². The van der Waals surface area contributed by atoms with Crippen LogP contribution in [0.25, 0.3) is 16.0 Å². The second kappa shape index (κ2) is 8.18. The lowest BCUT2D eigenvalue weighted by molar-refractivity contribution is 0.0814. The Morgan fingerprint density at radius 2 is 2.11 bits per heavy atom. The minimum Gasteiger partial charge on any atom is -0.394 e. The van der Waals surface area contributed by atoms with Crippen LogP contribution in [0.4, 0.5) is 0 Å². The average Bonchev–Trinajstić information content (AvgIpc) is 3.33. The van der Waals surface area contributed by atoms with E-state index in [-0.39, 0.29) is 12.5 Å². The fourth-order valence-corrected chi connectivity index (χ4v) is 3.96. The van der Waals surface area contributed by atoms with E-state index in [9.17, 15) is 0 Å². The summed E-state index contributed by atoms with van der Waals surface area (Å²) in [4.78, 5) is 9.00. The van der Waals surface area contributed by atoms with E-state index >= 15 is 0 Å². The first-order valence-electron chi connectivity index (χ1n) is 9.20. The average molecular weight is 395 g/mol. The first-order valence-corrected chi connectivity index (χ1v) is 10.0. The van der Waals surface area contributed by atoms with Crippen molar-refractivity contribution in [3.63, 3.8) is 0 Å². The third-order valence-corrected chi connectivity index (χ3v) is 5.55. The molecule has 4 rings (SSSR count). The van der Waals surface area contributed by atoms with E-state index in [0.29, 0.717) is 13.2 Å². The molecule has 0 amide bonds. The maximum Gasteiger partial charge on any atom is 0.153 e. The topological polar surface area (TPSA) is 73.1 Å². The van der Waals surface area contributed by atoms with E-state index in [1.54, 1.807) is 22.2 Å². The zero-order chi connectivity index (χ0) is 19.5. The van der Waals surface area contributed by atoms with Gasteiger partial charge in [-0.1, -0.05) is 19.1 Å². The molecule has 1 atom stereocenters. The number of aryl methyl sites for hydroxylation is 1. The number of rotatable bonds is 7. The van der Waals surface area contributed by atoms with Crippen molar-refractivity contribution in [1.29, 1.82) is 0 Å². The molecule has 1 aromatic carbocycles. The van der Waals surface area contributed by atoms with Crippen LogP contribution in [0.1, 0.15) is 34.7 Å². The van der Waals surface area contributed by atoms with Crippen molar-refractivity contribution in [2.45, 2.75) is 26.4 Å². The number of benzene rings is 1. The molecule has 3 heterocycles. The van der Waals surface area contributed by atoms with Crippen LogP contribution < -0.4 is 0 Å². The summed E-state index contributed by atoms with van der Waals surface area (Å²) in [5.41, 5.74) is 4.24. The molecule has 0 radical (unpaired) electrons. The summed E-state index contributed by atoms with van der Waals surface area (Å²) in [7, 11) is 0. The smallest absolute Gasteiger partial charge is 0.153 e. The molecular weight excluding hydrogens is 372 g/mol. The Kier molecular flexibility index (Phi) is 5.47. The van der Waals surface area contributed by atoms with E-state index in [1.807, 2.05) is 31.3 Å². The van der Waals surface area contributed by atoms with Gasteiger partial charge in [0, 0.05) is 18.3 Å². The molecule has 0 saturated carbocycles. The molecule has 1 N–H and O–H groups in total. The van der Waals surface area contributed by atoms with Gasteiger partial charge in [0.1, 0.15) is 0 Å². The normalized spacial score (nSPS) is 12.5. The molecular formula is C21H22N4O2S. The molecule has 0 fully saturated rings. The highest BCUT2D eigenvalue weighted by Gasteiger charge is 2.14. The van der Waals surface area contributed by atoms with Gasteiger partial charge in [0.05, 0.1) is 40.7 Å². The van der Waals surface area contributed by atoms with Crippen LogP contribution in [0.15, 0.2) is 48.8 Å². The van der Waals surface area contributed by atoms with E-state index in [2.05, 4.69) is 35.1 Å². The Balaban J connectivity index is 1.51. The Bertz CT molecular complexity index is 1070. The van der Waals surface area contributed by atoms with Crippen LogP contribution in [0.2, 0.25) is 0 Å². The number of thiazole rings is 1. The third-order valence-electron chi connectivity index (χ3n) is 4.62. The zero-order valence-corrected chi connectivity index (χ0v) is 16.7. The second-order valence-corrected chi connectivity index (χ2v) is 7.90. The lowest BCUT2D eigenvalue weighted by Gasteiger charge is -2.09. The summed E-state index contributed by atoms with van der Waals surface area (Å²) in [6.45, 7) is 4.99. The van der Waals surface area contributed by atoms with Crippen LogP contribution in [-0.4, -0.2) is 38.1 Å². The highest BCUT2D eigenvalue weighted by molar-refractivity contribution is 7.18. The maximum absolute atomic E-state index is 8.76. The Labute approximate surface area is 167 Å². The van der Waals surface area contributed by atoms with Crippen molar-refractivity contribution in [3.8, 4) is 5.82 Å². The predicted molar refractivity (Wildman–Crippen MR) is 110 cm³/mol. The first kappa shape index (κ1) is 18.7. The molecule has 3 aromatic heterocycles. The van der Waals surface area contributed by atoms with Gasteiger partial charge in [-0.2, -0.15) is 5.10 Å². The summed E-state index contributed by atoms with van der Waals surface area (Å²) in [5.74, 6) is 0.942. The fraction of sp³-hybridized carbons (Fsp3) is 0.286. The van der Waals surface area contributed by atoms with Crippen LogP contribution in [0, 0.1) is 6.92 Å². The molecule has 0 aliphatic rings. The van der Waals surface area contributed by atoms with Gasteiger partial charge in [-0.15, -0.1) is 11.3 Å². The summed E-state index contributed by atoms with van der Waals surface area (Å²) in [6.07, 6.45) is 3.71. The fourth-order valence-electron chi connectivity index (χ4n) is 3.09. The van der Waals surface area contributed by atoms with Crippen molar-refractivity contribution < 1.29 is 9.84 Å². The van der Waals surface area contributed by atoms with E-state index < -0.39 is 0 Å². The van der Waals surface area contributed by atoms with E-state index in [1.165, 1.54) is 10.3 Å². The summed E-state index contributed by atoms with van der Waals surface area (Å²) in [6, 6.07) is 12.3. The Morgan fingerprint density at radius 3 is 2.89 bits per heavy atom. The number of nitrogens with zero attached hydrogens (tertiary/aromatic N) is 4. The first-order chi connectivity index (χ1) is 13.6. The van der Waals surface area contributed by atoms with Gasteiger partial charge in [0.15, 0.2) is 5.82 Å². The van der Waals surface area contributed by atoms with Gasteiger partial charge in [0.25, 0.3) is 0 Å². The molecule has 0 saturated heterocycles. The van der Waals surface area contributed by atoms with Crippen LogP contribution in [-0.2, 0) is 11.3 Å². The molecule has 0 aliphatic heterocycles. The number of hydrogen-bond acceptors (Lipinski definition) is 6. The molecule has 28 heavy (non-hydrogen) atoms. The largest absolute Gasteiger partial charge is 0.394 e. The molecule has 0 bridgehead atoms. The van der Waals surface area contributed by atoms with Crippen LogP contribution >= 0.6 is 11.3 Å². The third kappa shape index (κ3) is 3.96. The van der Waals surface area contributed by atoms with Crippen molar-refractivity contribution in [1.82, 2.24) is 19.7 Å². The standard InChI is InChI=1S/C21H22N4O2S/c1-14(17-4-5-19-20(11-17)28-15(2)23-19)18-7-8-25(24-18)21-6-3-16(12-22-21)13-27-10-9-26/h3-8,11-12,14,26H,9-10,13H2,1-2H3. The highest BCUT2D eigenvalue weighted by Crippen LogP contribution is 2.29. The van der Waals surface area contributed by atoms with E-state index in [4.69, 9.17) is 14.9 Å². The molecule has 4 aromatic rings. The summed E-state index contributed by atoms with van der Waals surface area (Å²) < 4.78 is 8.32. The summed E-state index contributed by atoms with van der Waals surface area (Å²) in [5, 5.41) is 14.6. The summed E-state index contributed by atoms with van der Waals surface area (Å²) >= 11 is 1.72. The SMILES string of the molecule is Cc1nc2ccc(C(C)c3ccn(-c4ccc(COCCO)cn4)n3)cc2s1. The highest BCUT2D eigenvalue weighted by atomic mass is 32.1. The molecule has 0 spiro atoms. The molecule has 1 unspecified atom stereocenters. The minimum atomic E-state index is 0.0231. The number of aliphatic hydroxyl groups excluding tert-OH is 1. The van der Waals surface area contributed by atoms with Gasteiger partial charge >= 0.3 is 0 Å². The van der Waals surface area contributed by atoms with E-state index in [0.717, 1.165) is 27.6 Å². The lowest BCUT2D eigenvalue weighted by atomic mass is 9.98. The van der Waals surface area contributed by atoms with Crippen molar-refractivity contribution >= 4 is 21.6 Å².